The molecule has 14 heteroatoms. The molecule has 0 atom stereocenters. The highest BCUT2D eigenvalue weighted by Crippen LogP contribution is 2.41. The second-order valence-electron chi connectivity index (χ2n) is 15.4. The van der Waals surface area contributed by atoms with E-state index < -0.39 is 15.2 Å². The lowest BCUT2D eigenvalue weighted by Gasteiger charge is -2.42. The number of hydrogen-bond donors (Lipinski definition) is 2. The summed E-state index contributed by atoms with van der Waals surface area (Å²) in [5.41, 5.74) is 9.21. The number of piperidine rings is 1. The molecular formula is C39H51BrN9O2PSi. The summed E-state index contributed by atoms with van der Waals surface area (Å²) in [6.45, 7) is 18.8. The molecule has 0 aliphatic carbocycles. The van der Waals surface area contributed by atoms with Crippen LogP contribution in [0.3, 0.4) is 0 Å². The number of nitrogens with one attached hydrogen (secondary N) is 2. The van der Waals surface area contributed by atoms with Gasteiger partial charge in [-0.1, -0.05) is 31.6 Å². The Morgan fingerprint density at radius 1 is 0.925 bits per heavy atom. The molecule has 2 N–H and O–H groups in total. The minimum Gasteiger partial charge on any atom is -0.495 e. The first kappa shape index (κ1) is 38.9. The van der Waals surface area contributed by atoms with Crippen LogP contribution in [0, 0.1) is 18.4 Å². The first-order valence-electron chi connectivity index (χ1n) is 18.1. The number of rotatable bonds is 9. The van der Waals surface area contributed by atoms with Gasteiger partial charge in [-0.25, -0.2) is 9.97 Å². The van der Waals surface area contributed by atoms with Gasteiger partial charge < -0.3 is 29.7 Å². The van der Waals surface area contributed by atoms with Crippen LogP contribution in [-0.2, 0) is 4.57 Å². The van der Waals surface area contributed by atoms with E-state index in [0.717, 1.165) is 80.4 Å². The monoisotopic (exact) mass is 815 g/mol. The minimum absolute atomic E-state index is 0.420. The lowest BCUT2D eigenvalue weighted by molar-refractivity contribution is 0.0981. The number of piperazine rings is 1. The van der Waals surface area contributed by atoms with Crippen molar-refractivity contribution < 1.29 is 9.30 Å². The molecule has 280 valence electrons. The van der Waals surface area contributed by atoms with Gasteiger partial charge in [0.25, 0.3) is 0 Å². The van der Waals surface area contributed by atoms with E-state index in [4.69, 9.17) is 9.72 Å². The molecular weight excluding hydrogens is 765 g/mol. The molecule has 2 aromatic heterocycles. The van der Waals surface area contributed by atoms with Gasteiger partial charge in [-0.05, 0) is 79.8 Å². The number of aromatic nitrogens is 4. The average molecular weight is 817 g/mol. The lowest BCUT2D eigenvalue weighted by atomic mass is 10.0. The van der Waals surface area contributed by atoms with E-state index in [0.29, 0.717) is 44.7 Å². The fourth-order valence-electron chi connectivity index (χ4n) is 6.68. The van der Waals surface area contributed by atoms with Crippen molar-refractivity contribution in [3.05, 3.63) is 64.7 Å². The van der Waals surface area contributed by atoms with Crippen LogP contribution in [0.25, 0.3) is 11.3 Å². The van der Waals surface area contributed by atoms with Crippen molar-refractivity contribution in [2.45, 2.75) is 45.4 Å². The second kappa shape index (κ2) is 16.3. The molecule has 2 aliphatic heterocycles. The van der Waals surface area contributed by atoms with E-state index in [9.17, 15) is 4.57 Å². The van der Waals surface area contributed by atoms with Crippen LogP contribution in [0.4, 0.5) is 28.8 Å². The molecule has 2 aromatic carbocycles. The highest BCUT2D eigenvalue weighted by molar-refractivity contribution is 9.10. The van der Waals surface area contributed by atoms with E-state index in [-0.39, 0.29) is 0 Å². The summed E-state index contributed by atoms with van der Waals surface area (Å²) in [6, 6.07) is 10.6. The van der Waals surface area contributed by atoms with Crippen LogP contribution in [0.2, 0.25) is 19.6 Å². The van der Waals surface area contributed by atoms with Gasteiger partial charge in [0, 0.05) is 74.1 Å². The Kier molecular flexibility index (Phi) is 12.0. The third-order valence-corrected chi connectivity index (χ3v) is 12.7. The molecule has 11 nitrogen and oxygen atoms in total. The van der Waals surface area contributed by atoms with Crippen molar-refractivity contribution in [2.75, 3.05) is 82.3 Å². The van der Waals surface area contributed by atoms with Crippen LogP contribution in [0.15, 0.2) is 53.4 Å². The van der Waals surface area contributed by atoms with Gasteiger partial charge in [0.2, 0.25) is 5.95 Å². The molecule has 2 aliphatic rings. The molecule has 2 saturated heterocycles. The topological polar surface area (TPSA) is 112 Å². The van der Waals surface area contributed by atoms with Crippen LogP contribution in [-0.4, -0.2) is 111 Å². The molecule has 0 spiro atoms. The Labute approximate surface area is 323 Å². The normalized spacial score (nSPS) is 16.2. The van der Waals surface area contributed by atoms with Crippen LogP contribution in [0.1, 0.15) is 24.1 Å². The fraction of sp³-hybridized carbons (Fsp3) is 0.436. The van der Waals surface area contributed by atoms with E-state index in [2.05, 4.69) is 107 Å². The maximum atomic E-state index is 13.6. The molecule has 0 amide bonds. The lowest BCUT2D eigenvalue weighted by Crippen LogP contribution is -2.52. The Balaban J connectivity index is 1.18. The number of ether oxygens (including phenoxy) is 1. The summed E-state index contributed by atoms with van der Waals surface area (Å²) < 4.78 is 20.2. The molecule has 53 heavy (non-hydrogen) atoms. The fourth-order valence-corrected chi connectivity index (χ4v) is 8.63. The van der Waals surface area contributed by atoms with Gasteiger partial charge in [0.15, 0.2) is 0 Å². The van der Waals surface area contributed by atoms with E-state index in [1.54, 1.807) is 39.0 Å². The smallest absolute Gasteiger partial charge is 0.229 e. The number of halogens is 1. The molecule has 4 heterocycles. The number of aryl methyl sites for hydroxylation is 1. The predicted octanol–water partition coefficient (Wildman–Crippen LogP) is 7.19. The first-order chi connectivity index (χ1) is 25.2. The predicted molar refractivity (Wildman–Crippen MR) is 225 cm³/mol. The van der Waals surface area contributed by atoms with Crippen molar-refractivity contribution in [2.24, 2.45) is 0 Å². The standard InChI is InChI=1S/C39H51BrN9O2PSi/c1-27-21-35(49-14-11-30(12-15-49)48-18-16-47(2)17-19-48)36(51-3)23-33(27)45-39-43-25-31(40)38(46-39)44-32-10-9-28(22-37(32)52(4,5)50)34-26-41-29(24-42-34)13-20-53(6,7)8/h9-10,21-26,30H,11-12,14-19H2,1-8H3,(H2,43,44,45,46). The zero-order valence-corrected chi connectivity index (χ0v) is 35.6. The number of anilines is 5. The van der Waals surface area contributed by atoms with Gasteiger partial charge in [0.05, 0.1) is 41.0 Å². The molecule has 4 aromatic rings. The number of likely N-dealkylation sites (N-methyl/N-ethyl adjacent to an activating group) is 1. The molecule has 0 unspecified atom stereocenters. The summed E-state index contributed by atoms with van der Waals surface area (Å²) in [7, 11) is -0.323. The maximum Gasteiger partial charge on any atom is 0.229 e. The van der Waals surface area contributed by atoms with Gasteiger partial charge in [-0.15, -0.1) is 5.54 Å². The molecule has 0 bridgehead atoms. The van der Waals surface area contributed by atoms with Crippen molar-refractivity contribution in [1.82, 2.24) is 29.7 Å². The third-order valence-electron chi connectivity index (χ3n) is 9.72. The molecule has 0 radical (unpaired) electrons. The zero-order valence-electron chi connectivity index (χ0n) is 32.1. The number of hydrogen-bond acceptors (Lipinski definition) is 11. The Bertz CT molecular complexity index is 2040. The van der Waals surface area contributed by atoms with E-state index >= 15 is 0 Å². The largest absolute Gasteiger partial charge is 0.495 e. The number of nitrogens with zero attached hydrogens (tertiary/aromatic N) is 7. The number of benzene rings is 2. The summed E-state index contributed by atoms with van der Waals surface area (Å²) in [5.74, 6) is 4.93. The van der Waals surface area contributed by atoms with Crippen LogP contribution < -0.4 is 25.6 Å². The summed E-state index contributed by atoms with van der Waals surface area (Å²) >= 11 is 3.61. The summed E-state index contributed by atoms with van der Waals surface area (Å²) in [4.78, 5) is 26.1. The SMILES string of the molecule is COc1cc(Nc2ncc(Br)c(Nc3ccc(-c4cnc(C#C[Si](C)(C)C)cn4)cc3P(C)(C)=O)n2)c(C)cc1N1CCC(N2CCN(C)CC2)CC1. The quantitative estimate of drug-likeness (QED) is 0.102. The summed E-state index contributed by atoms with van der Waals surface area (Å²) in [6.07, 6.45) is 7.43. The number of methoxy groups -OCH3 is 1. The first-order valence-corrected chi connectivity index (χ1v) is 25.0. The summed E-state index contributed by atoms with van der Waals surface area (Å²) in [5, 5.41) is 7.51. The highest BCUT2D eigenvalue weighted by atomic mass is 79.9. The van der Waals surface area contributed by atoms with Gasteiger partial charge in [-0.2, -0.15) is 4.98 Å². The molecule has 0 saturated carbocycles. The van der Waals surface area contributed by atoms with Crippen molar-refractivity contribution >= 4 is 65.3 Å². The maximum absolute atomic E-state index is 13.6. The van der Waals surface area contributed by atoms with Crippen LogP contribution >= 0.6 is 23.1 Å². The third kappa shape index (κ3) is 9.85. The minimum atomic E-state index is -2.73. The van der Waals surface area contributed by atoms with Crippen LogP contribution in [0.5, 0.6) is 5.75 Å². The second-order valence-corrected chi connectivity index (χ2v) is 24.2. The highest BCUT2D eigenvalue weighted by Gasteiger charge is 2.28. The van der Waals surface area contributed by atoms with E-state index in [1.165, 1.54) is 0 Å². The Morgan fingerprint density at radius 3 is 2.30 bits per heavy atom. The Hall–Kier alpha value is -3.79. The zero-order chi connectivity index (χ0) is 37.9. The Morgan fingerprint density at radius 2 is 1.66 bits per heavy atom. The van der Waals surface area contributed by atoms with Crippen molar-refractivity contribution in [1.29, 1.82) is 0 Å². The van der Waals surface area contributed by atoms with Crippen molar-refractivity contribution in [3.63, 3.8) is 0 Å². The van der Waals surface area contributed by atoms with Gasteiger partial charge in [-0.3, -0.25) is 9.88 Å². The van der Waals surface area contributed by atoms with Crippen molar-refractivity contribution in [3.8, 4) is 28.5 Å². The van der Waals surface area contributed by atoms with E-state index in [1.807, 2.05) is 24.3 Å². The van der Waals surface area contributed by atoms with Gasteiger partial charge in [0.1, 0.15) is 32.5 Å². The average Bonchev–Trinajstić information content (AvgIpc) is 3.13. The van der Waals surface area contributed by atoms with Gasteiger partial charge >= 0.3 is 0 Å². The molecule has 2 fully saturated rings. The molecule has 6 rings (SSSR count).